The highest BCUT2D eigenvalue weighted by Gasteiger charge is 2.83. The highest BCUT2D eigenvalue weighted by molar-refractivity contribution is 5.45. The highest BCUT2D eigenvalue weighted by Crippen LogP contribution is 2.63. The van der Waals surface area contributed by atoms with Crippen molar-refractivity contribution in [2.24, 2.45) is 0 Å². The SMILES string of the molecule is Fc1nc(C(F)(C(F)(F)F)C(F)(F)F)c(F)c(C(F)(C(F)(F)F)C(F)(F)F)c1C(F)(C(F)(F)F)C(F)(F)F. The van der Waals surface area contributed by atoms with Gasteiger partial charge < -0.3 is 0 Å². The van der Waals surface area contributed by atoms with Gasteiger partial charge in [0.15, 0.2) is 5.82 Å². The van der Waals surface area contributed by atoms with E-state index in [-0.39, 0.29) is 0 Å². The third-order valence-corrected chi connectivity index (χ3v) is 4.45. The molecule has 222 valence electrons. The van der Waals surface area contributed by atoms with Crippen molar-refractivity contribution in [1.29, 1.82) is 0 Å². The van der Waals surface area contributed by atoms with Crippen molar-refractivity contribution in [2.45, 2.75) is 54.1 Å². The molecule has 0 radical (unpaired) electrons. The van der Waals surface area contributed by atoms with Crippen LogP contribution in [0.4, 0.5) is 101 Å². The Labute approximate surface area is 190 Å². The lowest BCUT2D eigenvalue weighted by Gasteiger charge is -2.38. The van der Waals surface area contributed by atoms with Crippen LogP contribution in [0.3, 0.4) is 0 Å². The van der Waals surface area contributed by atoms with Crippen LogP contribution in [0.2, 0.25) is 0 Å². The second kappa shape index (κ2) is 8.52. The van der Waals surface area contributed by atoms with E-state index in [4.69, 9.17) is 0 Å². The predicted octanol–water partition coefficient (Wildman–Crippen LogP) is 8.23. The van der Waals surface area contributed by atoms with E-state index in [1.54, 1.807) is 0 Å². The molecule has 0 aromatic carbocycles. The van der Waals surface area contributed by atoms with Crippen LogP contribution >= 0.6 is 0 Å². The van der Waals surface area contributed by atoms with Crippen LogP contribution in [0.25, 0.3) is 0 Å². The molecule has 0 fully saturated rings. The quantitative estimate of drug-likeness (QED) is 0.246. The number of hydrogen-bond acceptors (Lipinski definition) is 1. The Morgan fingerprint density at radius 1 is 0.342 bits per heavy atom. The van der Waals surface area contributed by atoms with E-state index in [2.05, 4.69) is 0 Å². The summed E-state index contributed by atoms with van der Waals surface area (Å²) in [6.07, 6.45) is -48.5. The van der Waals surface area contributed by atoms with E-state index in [1.165, 1.54) is 0 Å². The summed E-state index contributed by atoms with van der Waals surface area (Å²) in [6.45, 7) is 0. The predicted molar refractivity (Wildman–Crippen MR) is 68.8 cm³/mol. The molecule has 0 aliphatic rings. The molecule has 24 heteroatoms. The molecule has 0 atom stereocenters. The fraction of sp³-hybridized carbons (Fsp3) is 0.643. The number of halogens is 23. The fourth-order valence-corrected chi connectivity index (χ4v) is 2.72. The first-order chi connectivity index (χ1) is 16.2. The average molecular weight is 619 g/mol. The van der Waals surface area contributed by atoms with Crippen LogP contribution in [0.15, 0.2) is 0 Å². The number of pyridine rings is 1. The monoisotopic (exact) mass is 619 g/mol. The van der Waals surface area contributed by atoms with E-state index < -0.39 is 82.6 Å². The third-order valence-electron chi connectivity index (χ3n) is 4.45. The van der Waals surface area contributed by atoms with Gasteiger partial charge in [0.1, 0.15) is 5.69 Å². The lowest BCUT2D eigenvalue weighted by molar-refractivity contribution is -0.362. The molecule has 0 unspecified atom stereocenters. The smallest absolute Gasteiger partial charge is 0.218 e. The zero-order valence-corrected chi connectivity index (χ0v) is 16.1. The maximum Gasteiger partial charge on any atom is 0.437 e. The zero-order valence-electron chi connectivity index (χ0n) is 16.1. The molecule has 0 aliphatic heterocycles. The summed E-state index contributed by atoms with van der Waals surface area (Å²) in [6, 6.07) is 0. The van der Waals surface area contributed by atoms with Crippen molar-refractivity contribution in [3.63, 3.8) is 0 Å². The third kappa shape index (κ3) is 4.43. The Morgan fingerprint density at radius 2 is 0.579 bits per heavy atom. The largest absolute Gasteiger partial charge is 0.437 e. The zero-order chi connectivity index (χ0) is 31.1. The molecular formula is C14F23N. The molecule has 0 spiro atoms. The first kappa shape index (κ1) is 33.6. The van der Waals surface area contributed by atoms with Gasteiger partial charge in [-0.1, -0.05) is 0 Å². The number of rotatable bonds is 3. The Hall–Kier alpha value is -2.46. The van der Waals surface area contributed by atoms with E-state index >= 15 is 0 Å². The molecule has 0 N–H and O–H groups in total. The topological polar surface area (TPSA) is 12.9 Å². The van der Waals surface area contributed by atoms with Crippen LogP contribution in [0, 0.1) is 11.8 Å². The highest BCUT2D eigenvalue weighted by atomic mass is 19.5. The molecule has 0 aliphatic carbocycles. The van der Waals surface area contributed by atoms with E-state index in [9.17, 15) is 101 Å². The number of hydrogen-bond donors (Lipinski definition) is 0. The molecule has 1 rings (SSSR count). The minimum absolute atomic E-state index is 0.711. The molecule has 0 bridgehead atoms. The second-order valence-electron chi connectivity index (χ2n) is 6.78. The summed E-state index contributed by atoms with van der Waals surface area (Å²) in [5.41, 5.74) is -39.8. The Kier molecular flexibility index (Phi) is 7.52. The average Bonchev–Trinajstić information content (AvgIpc) is 2.61. The van der Waals surface area contributed by atoms with E-state index in [1.807, 2.05) is 0 Å². The van der Waals surface area contributed by atoms with E-state index in [0.29, 0.717) is 4.98 Å². The maximum atomic E-state index is 14.5. The van der Waals surface area contributed by atoms with Gasteiger partial charge in [-0.25, -0.2) is 22.5 Å². The van der Waals surface area contributed by atoms with Gasteiger partial charge in [-0.3, -0.25) is 0 Å². The molecule has 1 aromatic heterocycles. The molecule has 1 heterocycles. The normalized spacial score (nSPS) is 15.8. The molecular weight excluding hydrogens is 619 g/mol. The standard InChI is InChI=1S/C14F23N/c15-3-1(6(17,9(20,21)22)10(23,24)25)2(7(18,11(26,27)28)12(29,30)31)5(16)38-4(3)8(19,13(32,33)34)14(35,36)37. The Bertz CT molecular complexity index is 1000. The van der Waals surface area contributed by atoms with Crippen LogP contribution in [0.5, 0.6) is 0 Å². The minimum atomic E-state index is -8.36. The van der Waals surface area contributed by atoms with Gasteiger partial charge in [-0.2, -0.15) is 83.4 Å². The van der Waals surface area contributed by atoms with Gasteiger partial charge in [-0.05, 0) is 0 Å². The maximum absolute atomic E-state index is 14.5. The van der Waals surface area contributed by atoms with Crippen molar-refractivity contribution < 1.29 is 101 Å². The van der Waals surface area contributed by atoms with Crippen molar-refractivity contribution in [3.8, 4) is 0 Å². The summed E-state index contributed by atoms with van der Waals surface area (Å²) < 4.78 is 304. The summed E-state index contributed by atoms with van der Waals surface area (Å²) >= 11 is 0. The lowest BCUT2D eigenvalue weighted by atomic mass is 9.80. The first-order valence-electron chi connectivity index (χ1n) is 8.04. The summed E-state index contributed by atoms with van der Waals surface area (Å²) in [5, 5.41) is 0. The van der Waals surface area contributed by atoms with Gasteiger partial charge >= 0.3 is 54.1 Å². The Balaban J connectivity index is 4.88. The van der Waals surface area contributed by atoms with Gasteiger partial charge in [0.25, 0.3) is 0 Å². The molecule has 1 nitrogen and oxygen atoms in total. The van der Waals surface area contributed by atoms with Crippen molar-refractivity contribution >= 4 is 0 Å². The number of aromatic nitrogens is 1. The van der Waals surface area contributed by atoms with E-state index in [0.717, 1.165) is 0 Å². The van der Waals surface area contributed by atoms with Gasteiger partial charge in [0.2, 0.25) is 5.95 Å². The van der Waals surface area contributed by atoms with Crippen LogP contribution in [0.1, 0.15) is 16.8 Å². The molecule has 0 saturated carbocycles. The summed E-state index contributed by atoms with van der Waals surface area (Å²) in [4.78, 5) is 0.711. The van der Waals surface area contributed by atoms with Gasteiger partial charge in [0, 0.05) is 0 Å². The van der Waals surface area contributed by atoms with Crippen molar-refractivity contribution in [2.75, 3.05) is 0 Å². The fourth-order valence-electron chi connectivity index (χ4n) is 2.72. The first-order valence-corrected chi connectivity index (χ1v) is 8.04. The van der Waals surface area contributed by atoms with Gasteiger partial charge in [-0.15, -0.1) is 0 Å². The van der Waals surface area contributed by atoms with Crippen LogP contribution in [-0.2, 0) is 17.0 Å². The molecule has 0 saturated heterocycles. The second-order valence-corrected chi connectivity index (χ2v) is 6.78. The Morgan fingerprint density at radius 3 is 0.816 bits per heavy atom. The van der Waals surface area contributed by atoms with Crippen LogP contribution in [-0.4, -0.2) is 42.0 Å². The number of alkyl halides is 21. The van der Waals surface area contributed by atoms with Crippen LogP contribution < -0.4 is 0 Å². The van der Waals surface area contributed by atoms with Crippen molar-refractivity contribution in [3.05, 3.63) is 28.6 Å². The molecule has 1 aromatic rings. The van der Waals surface area contributed by atoms with Crippen molar-refractivity contribution in [1.82, 2.24) is 4.98 Å². The molecule has 0 amide bonds. The number of nitrogens with zero attached hydrogens (tertiary/aromatic N) is 1. The lowest BCUT2D eigenvalue weighted by Crippen LogP contribution is -2.58. The molecule has 38 heavy (non-hydrogen) atoms. The minimum Gasteiger partial charge on any atom is -0.218 e. The summed E-state index contributed by atoms with van der Waals surface area (Å²) in [7, 11) is 0. The van der Waals surface area contributed by atoms with Gasteiger partial charge in [0.05, 0.1) is 11.1 Å². The summed E-state index contributed by atoms with van der Waals surface area (Å²) in [5.74, 6) is -10.0.